The first-order valence-corrected chi connectivity index (χ1v) is 9.17. The van der Waals surface area contributed by atoms with Gasteiger partial charge in [-0.3, -0.25) is 9.46 Å². The number of unbranched alkanes of at least 4 members (excludes halogenated alkanes) is 1. The van der Waals surface area contributed by atoms with Gasteiger partial charge in [-0.25, -0.2) is 0 Å². The maximum absolute atomic E-state index is 11.2. The van der Waals surface area contributed by atoms with Crippen LogP contribution in [0.15, 0.2) is 0 Å². The monoisotopic (exact) mass is 267 g/mol. The lowest BCUT2D eigenvalue weighted by molar-refractivity contribution is 0.167. The molecule has 0 aliphatic heterocycles. The molecular weight excluding hydrogens is 241 g/mol. The number of thiol groups is 1. The van der Waals surface area contributed by atoms with Gasteiger partial charge in [0.1, 0.15) is 0 Å². The van der Waals surface area contributed by atoms with Crippen LogP contribution in [-0.2, 0) is 9.09 Å². The number of rotatable bonds is 8. The Labute approximate surface area is 106 Å². The SMILES string of the molecule is CC(C)N(CCCCO[P@](C)(=O)S)C(C)C. The number of hydrogen-bond donors (Lipinski definition) is 1. The molecular formula is C11H26NO2PS. The van der Waals surface area contributed by atoms with Crippen LogP contribution >= 0.6 is 18.8 Å². The molecule has 3 nitrogen and oxygen atoms in total. The van der Waals surface area contributed by atoms with Gasteiger partial charge >= 0.3 is 0 Å². The lowest BCUT2D eigenvalue weighted by Gasteiger charge is -2.30. The van der Waals surface area contributed by atoms with Gasteiger partial charge in [0.25, 0.3) is 6.57 Å². The first-order valence-electron chi connectivity index (χ1n) is 5.94. The highest BCUT2D eigenvalue weighted by atomic mass is 32.7. The molecule has 0 unspecified atom stereocenters. The van der Waals surface area contributed by atoms with Gasteiger partial charge < -0.3 is 4.52 Å². The fraction of sp³-hybridized carbons (Fsp3) is 1.00. The van der Waals surface area contributed by atoms with E-state index in [9.17, 15) is 4.57 Å². The standard InChI is InChI=1S/C11H26NO2PS/c1-10(2)12(11(3)4)8-6-7-9-14-15(5,13)16/h10-11H,6-9H2,1-5H3,(H,13,16)/t15-/m0/s1. The summed E-state index contributed by atoms with van der Waals surface area (Å²) in [6, 6.07) is 1.14. The minimum Gasteiger partial charge on any atom is -0.321 e. The predicted molar refractivity (Wildman–Crippen MR) is 74.7 cm³/mol. The predicted octanol–water partition coefficient (Wildman–Crippen LogP) is 3.65. The van der Waals surface area contributed by atoms with Crippen LogP contribution in [0.3, 0.4) is 0 Å². The molecule has 0 bridgehead atoms. The Kier molecular flexibility index (Phi) is 8.00. The van der Waals surface area contributed by atoms with Crippen molar-refractivity contribution >= 4 is 18.8 Å². The minimum absolute atomic E-state index is 0.543. The second-order valence-corrected chi connectivity index (χ2v) is 8.81. The molecule has 0 heterocycles. The molecule has 0 amide bonds. The molecule has 1 atom stereocenters. The Morgan fingerprint density at radius 1 is 1.19 bits per heavy atom. The van der Waals surface area contributed by atoms with Crippen LogP contribution < -0.4 is 0 Å². The number of hydrogen-bond acceptors (Lipinski definition) is 3. The third-order valence-corrected chi connectivity index (χ3v) is 3.48. The van der Waals surface area contributed by atoms with E-state index in [2.05, 4.69) is 44.8 Å². The van der Waals surface area contributed by atoms with E-state index in [-0.39, 0.29) is 0 Å². The van der Waals surface area contributed by atoms with Crippen LogP contribution in [-0.4, -0.2) is 36.8 Å². The molecule has 0 aromatic heterocycles. The van der Waals surface area contributed by atoms with Crippen LogP contribution in [0.1, 0.15) is 40.5 Å². The molecule has 0 aromatic rings. The Bertz CT molecular complexity index is 220. The van der Waals surface area contributed by atoms with Crippen molar-refractivity contribution in [2.45, 2.75) is 52.6 Å². The summed E-state index contributed by atoms with van der Waals surface area (Å²) < 4.78 is 16.3. The summed E-state index contributed by atoms with van der Waals surface area (Å²) in [6.45, 7) is 9.41. The van der Waals surface area contributed by atoms with Crippen molar-refractivity contribution in [1.82, 2.24) is 4.90 Å². The van der Waals surface area contributed by atoms with E-state index in [4.69, 9.17) is 4.52 Å². The molecule has 98 valence electrons. The number of nitrogens with zero attached hydrogens (tertiary/aromatic N) is 1. The molecule has 0 rings (SSSR count). The normalized spacial score (nSPS) is 16.1. The zero-order valence-electron chi connectivity index (χ0n) is 11.1. The van der Waals surface area contributed by atoms with E-state index in [1.165, 1.54) is 6.66 Å². The van der Waals surface area contributed by atoms with E-state index in [0.29, 0.717) is 18.7 Å². The maximum Gasteiger partial charge on any atom is 0.251 e. The summed E-state index contributed by atoms with van der Waals surface area (Å²) >= 11 is 3.89. The summed E-state index contributed by atoms with van der Waals surface area (Å²) in [4.78, 5) is 2.45. The van der Waals surface area contributed by atoms with Crippen molar-refractivity contribution in [3.63, 3.8) is 0 Å². The van der Waals surface area contributed by atoms with Crippen molar-refractivity contribution in [2.24, 2.45) is 0 Å². The van der Waals surface area contributed by atoms with Crippen molar-refractivity contribution < 1.29 is 9.09 Å². The smallest absolute Gasteiger partial charge is 0.251 e. The van der Waals surface area contributed by atoms with Crippen molar-refractivity contribution in [3.8, 4) is 0 Å². The second-order valence-electron chi connectivity index (χ2n) is 4.77. The van der Waals surface area contributed by atoms with Gasteiger partial charge in [0.05, 0.1) is 6.61 Å². The first kappa shape index (κ1) is 16.5. The van der Waals surface area contributed by atoms with Gasteiger partial charge in [-0.1, -0.05) is 12.2 Å². The highest BCUT2D eigenvalue weighted by Gasteiger charge is 2.12. The summed E-state index contributed by atoms with van der Waals surface area (Å²) in [7, 11) is 0. The van der Waals surface area contributed by atoms with Gasteiger partial charge in [0, 0.05) is 18.7 Å². The molecule has 5 heteroatoms. The molecule has 0 N–H and O–H groups in total. The van der Waals surface area contributed by atoms with Crippen LogP contribution in [0.5, 0.6) is 0 Å². The average Bonchev–Trinajstić information content (AvgIpc) is 2.07. The molecule has 0 spiro atoms. The van der Waals surface area contributed by atoms with Gasteiger partial charge in [-0.2, -0.15) is 0 Å². The molecule has 0 saturated heterocycles. The Morgan fingerprint density at radius 2 is 1.69 bits per heavy atom. The fourth-order valence-corrected chi connectivity index (χ4v) is 2.46. The van der Waals surface area contributed by atoms with Crippen LogP contribution in [0.25, 0.3) is 0 Å². The first-order chi connectivity index (χ1) is 7.24. The van der Waals surface area contributed by atoms with Crippen molar-refractivity contribution in [3.05, 3.63) is 0 Å². The molecule has 0 radical (unpaired) electrons. The van der Waals surface area contributed by atoms with Crippen molar-refractivity contribution in [1.29, 1.82) is 0 Å². The largest absolute Gasteiger partial charge is 0.321 e. The Balaban J connectivity index is 3.68. The zero-order chi connectivity index (χ0) is 12.8. The van der Waals surface area contributed by atoms with Crippen LogP contribution in [0.4, 0.5) is 0 Å². The van der Waals surface area contributed by atoms with Gasteiger partial charge in [-0.15, -0.1) is 0 Å². The highest BCUT2D eigenvalue weighted by molar-refractivity contribution is 8.46. The van der Waals surface area contributed by atoms with Crippen molar-refractivity contribution in [2.75, 3.05) is 19.8 Å². The zero-order valence-corrected chi connectivity index (χ0v) is 12.9. The third kappa shape index (κ3) is 8.63. The van der Waals surface area contributed by atoms with Crippen LogP contribution in [0, 0.1) is 0 Å². The Hall–Kier alpha value is 0.500. The summed E-state index contributed by atoms with van der Waals surface area (Å²) in [5, 5.41) is 0. The molecule has 0 aliphatic rings. The van der Waals surface area contributed by atoms with E-state index in [0.717, 1.165) is 19.4 Å². The van der Waals surface area contributed by atoms with Gasteiger partial charge in [0.2, 0.25) is 0 Å². The van der Waals surface area contributed by atoms with E-state index in [1.54, 1.807) is 0 Å². The average molecular weight is 267 g/mol. The maximum atomic E-state index is 11.2. The highest BCUT2D eigenvalue weighted by Crippen LogP contribution is 2.47. The molecule has 0 aromatic carbocycles. The summed E-state index contributed by atoms with van der Waals surface area (Å²) in [6.07, 6.45) is 2.01. The molecule has 0 aliphatic carbocycles. The topological polar surface area (TPSA) is 29.5 Å². The van der Waals surface area contributed by atoms with E-state index >= 15 is 0 Å². The third-order valence-electron chi connectivity index (χ3n) is 2.47. The molecule has 0 fully saturated rings. The molecule has 16 heavy (non-hydrogen) atoms. The lowest BCUT2D eigenvalue weighted by Crippen LogP contribution is -2.37. The van der Waals surface area contributed by atoms with E-state index in [1.807, 2.05) is 0 Å². The second kappa shape index (κ2) is 7.75. The summed E-state index contributed by atoms with van der Waals surface area (Å²) in [5.41, 5.74) is 0. The van der Waals surface area contributed by atoms with Gasteiger partial charge in [-0.05, 0) is 47.1 Å². The molecule has 0 saturated carbocycles. The lowest BCUT2D eigenvalue weighted by atomic mass is 10.2. The fourth-order valence-electron chi connectivity index (χ4n) is 1.74. The van der Waals surface area contributed by atoms with Crippen LogP contribution in [0.2, 0.25) is 0 Å². The summed E-state index contributed by atoms with van der Waals surface area (Å²) in [5.74, 6) is 0. The minimum atomic E-state index is -2.59. The van der Waals surface area contributed by atoms with E-state index < -0.39 is 6.57 Å². The van der Waals surface area contributed by atoms with Gasteiger partial charge in [0.15, 0.2) is 0 Å². The quantitative estimate of drug-likeness (QED) is 0.413. The Morgan fingerprint density at radius 3 is 2.06 bits per heavy atom.